The van der Waals surface area contributed by atoms with Crippen LogP contribution in [-0.4, -0.2) is 15.6 Å². The third-order valence-electron chi connectivity index (χ3n) is 2.84. The van der Waals surface area contributed by atoms with Crippen LogP contribution in [0.5, 0.6) is 0 Å². The molecule has 90 valence electrons. The lowest BCUT2D eigenvalue weighted by molar-refractivity contribution is 0.652. The Balaban J connectivity index is 2.21. The second-order valence-electron chi connectivity index (χ2n) is 4.49. The molecule has 1 saturated heterocycles. The standard InChI is InChI=1S/C15H18S2/c1-13(2)15(16-11-6-12-17-15)10-9-14-7-4-3-5-8-14/h3-5,7-8,13H,6,11-12H2,1-2H3. The number of rotatable bonds is 1. The minimum Gasteiger partial charge on any atom is -0.131 e. The van der Waals surface area contributed by atoms with Gasteiger partial charge in [0, 0.05) is 5.56 Å². The van der Waals surface area contributed by atoms with Gasteiger partial charge in [-0.3, -0.25) is 0 Å². The largest absolute Gasteiger partial charge is 0.131 e. The summed E-state index contributed by atoms with van der Waals surface area (Å²) in [6.07, 6.45) is 1.32. The van der Waals surface area contributed by atoms with Crippen LogP contribution >= 0.6 is 23.5 Å². The number of hydrogen-bond donors (Lipinski definition) is 0. The Bertz CT molecular complexity index is 406. The SMILES string of the molecule is CC(C)C1(C#Cc2ccccc2)SCCCS1. The number of thioether (sulfide) groups is 2. The van der Waals surface area contributed by atoms with Crippen LogP contribution in [0.2, 0.25) is 0 Å². The molecule has 1 fully saturated rings. The molecule has 1 heterocycles. The van der Waals surface area contributed by atoms with Crippen LogP contribution in [0, 0.1) is 17.8 Å². The summed E-state index contributed by atoms with van der Waals surface area (Å²) in [6, 6.07) is 10.3. The van der Waals surface area contributed by atoms with Gasteiger partial charge in [-0.1, -0.05) is 43.9 Å². The Morgan fingerprint density at radius 3 is 2.35 bits per heavy atom. The van der Waals surface area contributed by atoms with Gasteiger partial charge in [0.2, 0.25) is 0 Å². The summed E-state index contributed by atoms with van der Waals surface area (Å²) in [5.41, 5.74) is 1.12. The molecule has 0 amide bonds. The molecule has 0 atom stereocenters. The number of hydrogen-bond acceptors (Lipinski definition) is 2. The minimum absolute atomic E-state index is 0.105. The average Bonchev–Trinajstić information content (AvgIpc) is 2.38. The summed E-state index contributed by atoms with van der Waals surface area (Å²) in [4.78, 5) is 0. The van der Waals surface area contributed by atoms with Crippen molar-refractivity contribution in [2.75, 3.05) is 11.5 Å². The van der Waals surface area contributed by atoms with Gasteiger partial charge in [0.15, 0.2) is 0 Å². The second-order valence-corrected chi connectivity index (χ2v) is 7.43. The van der Waals surface area contributed by atoms with Crippen LogP contribution in [0.4, 0.5) is 0 Å². The van der Waals surface area contributed by atoms with Crippen molar-refractivity contribution in [3.05, 3.63) is 35.9 Å². The summed E-state index contributed by atoms with van der Waals surface area (Å²) in [5.74, 6) is 9.95. The third-order valence-corrected chi connectivity index (χ3v) is 6.53. The molecule has 0 N–H and O–H groups in total. The van der Waals surface area contributed by atoms with E-state index in [1.54, 1.807) is 0 Å². The third kappa shape index (κ3) is 3.24. The van der Waals surface area contributed by atoms with Gasteiger partial charge in [-0.05, 0) is 36.0 Å². The van der Waals surface area contributed by atoms with E-state index in [0.29, 0.717) is 5.92 Å². The fourth-order valence-corrected chi connectivity index (χ4v) is 4.89. The van der Waals surface area contributed by atoms with Crippen molar-refractivity contribution in [3.8, 4) is 11.8 Å². The molecule has 0 saturated carbocycles. The summed E-state index contributed by atoms with van der Waals surface area (Å²) >= 11 is 4.05. The molecule has 2 heteroatoms. The van der Waals surface area contributed by atoms with E-state index in [1.165, 1.54) is 17.9 Å². The highest BCUT2D eigenvalue weighted by molar-refractivity contribution is 8.19. The Morgan fingerprint density at radius 1 is 1.12 bits per heavy atom. The molecule has 1 aliphatic heterocycles. The van der Waals surface area contributed by atoms with Gasteiger partial charge in [0.05, 0.1) is 0 Å². The molecule has 0 bridgehead atoms. The molecule has 0 nitrogen and oxygen atoms in total. The smallest absolute Gasteiger partial charge is 0.124 e. The lowest BCUT2D eigenvalue weighted by Gasteiger charge is -2.34. The van der Waals surface area contributed by atoms with Crippen molar-refractivity contribution < 1.29 is 0 Å². The minimum atomic E-state index is 0.105. The zero-order valence-corrected chi connectivity index (χ0v) is 12.0. The van der Waals surface area contributed by atoms with E-state index < -0.39 is 0 Å². The quantitative estimate of drug-likeness (QED) is 0.694. The Kier molecular flexibility index (Phi) is 4.48. The molecule has 0 spiro atoms. The topological polar surface area (TPSA) is 0 Å². The van der Waals surface area contributed by atoms with Crippen LogP contribution in [0.15, 0.2) is 30.3 Å². The Morgan fingerprint density at radius 2 is 1.76 bits per heavy atom. The van der Waals surface area contributed by atoms with Gasteiger partial charge >= 0.3 is 0 Å². The molecular weight excluding hydrogens is 244 g/mol. The van der Waals surface area contributed by atoms with E-state index in [-0.39, 0.29) is 4.08 Å². The molecule has 17 heavy (non-hydrogen) atoms. The molecule has 1 aliphatic rings. The molecule has 1 aromatic carbocycles. The maximum Gasteiger partial charge on any atom is 0.124 e. The fraction of sp³-hybridized carbons (Fsp3) is 0.467. The monoisotopic (exact) mass is 262 g/mol. The van der Waals surface area contributed by atoms with Gasteiger partial charge in [0.1, 0.15) is 4.08 Å². The summed E-state index contributed by atoms with van der Waals surface area (Å²) in [5, 5.41) is 0. The predicted octanol–water partition coefficient (Wildman–Crippen LogP) is 4.26. The zero-order chi connectivity index (χ0) is 12.1. The average molecular weight is 262 g/mol. The van der Waals surface area contributed by atoms with Crippen molar-refractivity contribution >= 4 is 23.5 Å². The van der Waals surface area contributed by atoms with E-state index >= 15 is 0 Å². The first-order valence-electron chi connectivity index (χ1n) is 6.09. The molecular formula is C15H18S2. The Hall–Kier alpha value is -0.520. The van der Waals surface area contributed by atoms with Crippen LogP contribution < -0.4 is 0 Å². The van der Waals surface area contributed by atoms with Crippen LogP contribution in [0.3, 0.4) is 0 Å². The first kappa shape index (κ1) is 12.9. The zero-order valence-electron chi connectivity index (χ0n) is 10.4. The molecule has 0 aliphatic carbocycles. The van der Waals surface area contributed by atoms with E-state index in [0.717, 1.165) is 5.56 Å². The number of benzene rings is 1. The normalized spacial score (nSPS) is 18.5. The van der Waals surface area contributed by atoms with E-state index in [1.807, 2.05) is 41.7 Å². The van der Waals surface area contributed by atoms with Gasteiger partial charge < -0.3 is 0 Å². The maximum atomic E-state index is 3.53. The van der Waals surface area contributed by atoms with E-state index in [4.69, 9.17) is 0 Å². The van der Waals surface area contributed by atoms with Gasteiger partial charge in [-0.15, -0.1) is 23.5 Å². The highest BCUT2D eigenvalue weighted by Crippen LogP contribution is 2.46. The van der Waals surface area contributed by atoms with Crippen LogP contribution in [0.1, 0.15) is 25.8 Å². The van der Waals surface area contributed by atoms with Gasteiger partial charge in [0.25, 0.3) is 0 Å². The highest BCUT2D eigenvalue weighted by Gasteiger charge is 2.35. The maximum absolute atomic E-state index is 3.53. The predicted molar refractivity (Wildman–Crippen MR) is 80.4 cm³/mol. The highest BCUT2D eigenvalue weighted by atomic mass is 32.2. The van der Waals surface area contributed by atoms with E-state index in [9.17, 15) is 0 Å². The molecule has 1 aromatic rings. The molecule has 2 rings (SSSR count). The summed E-state index contributed by atoms with van der Waals surface area (Å²) in [7, 11) is 0. The molecule has 0 unspecified atom stereocenters. The lowest BCUT2D eigenvalue weighted by atomic mass is 10.1. The van der Waals surface area contributed by atoms with Crippen molar-refractivity contribution in [2.24, 2.45) is 5.92 Å². The molecule has 0 aromatic heterocycles. The van der Waals surface area contributed by atoms with Crippen molar-refractivity contribution in [3.63, 3.8) is 0 Å². The van der Waals surface area contributed by atoms with Crippen LogP contribution in [0.25, 0.3) is 0 Å². The lowest BCUT2D eigenvalue weighted by Crippen LogP contribution is -2.29. The van der Waals surface area contributed by atoms with Gasteiger partial charge in [-0.2, -0.15) is 0 Å². The Labute approximate surface area is 113 Å². The molecule has 0 radical (unpaired) electrons. The first-order chi connectivity index (χ1) is 8.23. The second kappa shape index (κ2) is 5.89. The van der Waals surface area contributed by atoms with Crippen molar-refractivity contribution in [2.45, 2.75) is 24.3 Å². The van der Waals surface area contributed by atoms with Gasteiger partial charge in [-0.25, -0.2) is 0 Å². The van der Waals surface area contributed by atoms with E-state index in [2.05, 4.69) is 37.8 Å². The van der Waals surface area contributed by atoms with Crippen LogP contribution in [-0.2, 0) is 0 Å². The first-order valence-corrected chi connectivity index (χ1v) is 8.06. The fourth-order valence-electron chi connectivity index (χ4n) is 1.78. The van der Waals surface area contributed by atoms with Crippen molar-refractivity contribution in [1.29, 1.82) is 0 Å². The summed E-state index contributed by atoms with van der Waals surface area (Å²) in [6.45, 7) is 4.57. The summed E-state index contributed by atoms with van der Waals surface area (Å²) < 4.78 is 0.105. The van der Waals surface area contributed by atoms with Crippen molar-refractivity contribution in [1.82, 2.24) is 0 Å².